The molecule has 0 aliphatic carbocycles. The monoisotopic (exact) mass is 471 g/mol. The van der Waals surface area contributed by atoms with Gasteiger partial charge < -0.3 is 28.6 Å². The highest BCUT2D eigenvalue weighted by atomic mass is 19.1. The van der Waals surface area contributed by atoms with E-state index in [0.717, 1.165) is 5.56 Å². The second-order valence-electron chi connectivity index (χ2n) is 8.37. The Morgan fingerprint density at radius 2 is 2.09 bits per heavy atom. The Morgan fingerprint density at radius 1 is 1.18 bits per heavy atom. The number of hydrogen-bond acceptors (Lipinski definition) is 7. The van der Waals surface area contributed by atoms with Crippen molar-refractivity contribution in [2.45, 2.75) is 18.7 Å². The first-order valence-electron chi connectivity index (χ1n) is 11.2. The van der Waals surface area contributed by atoms with Crippen molar-refractivity contribution < 1.29 is 28.4 Å². The molecular formula is C25H30FN3O5. The maximum absolute atomic E-state index is 13.4. The maximum atomic E-state index is 13.4. The van der Waals surface area contributed by atoms with Crippen LogP contribution in [0.25, 0.3) is 0 Å². The van der Waals surface area contributed by atoms with Crippen LogP contribution in [0.4, 0.5) is 4.39 Å². The molecule has 0 amide bonds. The van der Waals surface area contributed by atoms with Crippen LogP contribution in [0.5, 0.6) is 17.2 Å². The van der Waals surface area contributed by atoms with Crippen LogP contribution in [0.3, 0.4) is 0 Å². The van der Waals surface area contributed by atoms with Crippen LogP contribution in [0.1, 0.15) is 5.56 Å². The Hall–Kier alpha value is -3.14. The molecule has 0 saturated carbocycles. The minimum absolute atomic E-state index is 0.0000326. The van der Waals surface area contributed by atoms with Crippen molar-refractivity contribution in [3.8, 4) is 17.2 Å². The van der Waals surface area contributed by atoms with E-state index in [0.29, 0.717) is 56.6 Å². The van der Waals surface area contributed by atoms with Gasteiger partial charge in [-0.1, -0.05) is 12.1 Å². The zero-order valence-electron chi connectivity index (χ0n) is 19.2. The van der Waals surface area contributed by atoms with Crippen LogP contribution in [0.2, 0.25) is 0 Å². The molecule has 1 N–H and O–H groups in total. The van der Waals surface area contributed by atoms with Gasteiger partial charge in [-0.25, -0.2) is 9.37 Å². The highest BCUT2D eigenvalue weighted by Crippen LogP contribution is 2.29. The smallest absolute Gasteiger partial charge is 0.161 e. The van der Waals surface area contributed by atoms with Gasteiger partial charge in [0.15, 0.2) is 11.5 Å². The van der Waals surface area contributed by atoms with Crippen molar-refractivity contribution in [2.75, 3.05) is 46.6 Å². The Bertz CT molecular complexity index is 1050. The summed E-state index contributed by atoms with van der Waals surface area (Å²) in [5.41, 5.74) is -0.197. The summed E-state index contributed by atoms with van der Waals surface area (Å²) in [5, 5.41) is 11.1. The molecule has 1 fully saturated rings. The molecule has 3 aromatic rings. The highest BCUT2D eigenvalue weighted by molar-refractivity contribution is 5.43. The van der Waals surface area contributed by atoms with Gasteiger partial charge in [-0.05, 0) is 29.8 Å². The van der Waals surface area contributed by atoms with E-state index in [2.05, 4.69) is 9.88 Å². The van der Waals surface area contributed by atoms with Crippen molar-refractivity contribution in [1.82, 2.24) is 14.5 Å². The molecule has 0 unspecified atom stereocenters. The van der Waals surface area contributed by atoms with Crippen molar-refractivity contribution >= 4 is 0 Å². The molecule has 182 valence electrons. The first kappa shape index (κ1) is 24.0. The number of benzene rings is 2. The molecule has 2 heterocycles. The van der Waals surface area contributed by atoms with Gasteiger partial charge in [-0.2, -0.15) is 0 Å². The molecule has 8 nitrogen and oxygen atoms in total. The van der Waals surface area contributed by atoms with E-state index in [1.165, 1.54) is 12.1 Å². The molecule has 1 saturated heterocycles. The summed E-state index contributed by atoms with van der Waals surface area (Å²) in [6.07, 6.45) is 5.37. The van der Waals surface area contributed by atoms with Crippen molar-refractivity contribution in [2.24, 2.45) is 0 Å². The van der Waals surface area contributed by atoms with Crippen LogP contribution < -0.4 is 14.2 Å². The van der Waals surface area contributed by atoms with E-state index in [1.807, 2.05) is 29.0 Å². The minimum atomic E-state index is -1.22. The molecule has 2 aromatic carbocycles. The molecule has 1 aliphatic heterocycles. The predicted octanol–water partition coefficient (Wildman–Crippen LogP) is 2.75. The largest absolute Gasteiger partial charge is 0.493 e. The summed E-state index contributed by atoms with van der Waals surface area (Å²) in [7, 11) is 1.62. The Morgan fingerprint density at radius 3 is 2.88 bits per heavy atom. The molecule has 0 bridgehead atoms. The average molecular weight is 472 g/mol. The number of hydrogen-bond donors (Lipinski definition) is 1. The van der Waals surface area contributed by atoms with E-state index in [4.69, 9.17) is 18.9 Å². The summed E-state index contributed by atoms with van der Waals surface area (Å²) in [4.78, 5) is 6.13. The first-order chi connectivity index (χ1) is 16.5. The molecule has 34 heavy (non-hydrogen) atoms. The molecule has 1 aliphatic rings. The van der Waals surface area contributed by atoms with E-state index in [9.17, 15) is 9.50 Å². The zero-order valence-corrected chi connectivity index (χ0v) is 19.2. The van der Waals surface area contributed by atoms with Gasteiger partial charge in [0, 0.05) is 38.1 Å². The molecule has 9 heteroatoms. The van der Waals surface area contributed by atoms with Crippen molar-refractivity contribution in [3.05, 3.63) is 72.6 Å². The second-order valence-corrected chi connectivity index (χ2v) is 8.37. The van der Waals surface area contributed by atoms with Gasteiger partial charge in [0.2, 0.25) is 0 Å². The standard InChI is InChI=1S/C25H30FN3O5/c1-31-24-13-20(5-6-23(24)33-12-10-28-8-7-27-19-28)15-29-9-11-32-17-25(30,16-29)18-34-22-4-2-3-21(26)14-22/h2-8,13-14,19,30H,9-12,15-18H2,1H3/t25-/m1/s1. The van der Waals surface area contributed by atoms with Crippen molar-refractivity contribution in [1.29, 1.82) is 0 Å². The summed E-state index contributed by atoms with van der Waals surface area (Å²) in [5.74, 6) is 1.31. The van der Waals surface area contributed by atoms with E-state index < -0.39 is 5.60 Å². The van der Waals surface area contributed by atoms with Crippen LogP contribution >= 0.6 is 0 Å². The Balaban J connectivity index is 1.35. The average Bonchev–Trinajstić information content (AvgIpc) is 3.28. The summed E-state index contributed by atoms with van der Waals surface area (Å²) in [6.45, 7) is 3.43. The molecule has 1 atom stereocenters. The fourth-order valence-corrected chi connectivity index (χ4v) is 3.86. The lowest BCUT2D eigenvalue weighted by molar-refractivity contribution is -0.0647. The Labute approximate surface area is 198 Å². The number of rotatable bonds is 10. The third kappa shape index (κ3) is 6.69. The molecule has 0 spiro atoms. The number of aliphatic hydroxyl groups is 1. The van der Waals surface area contributed by atoms with Gasteiger partial charge in [0.25, 0.3) is 0 Å². The van der Waals surface area contributed by atoms with E-state index in [-0.39, 0.29) is 19.0 Å². The Kier molecular flexibility index (Phi) is 7.99. The number of β-amino-alcohol motifs (C(OH)–C–C–N with tert-alkyl or cyclic N) is 1. The van der Waals surface area contributed by atoms with Crippen molar-refractivity contribution in [3.63, 3.8) is 0 Å². The first-order valence-corrected chi connectivity index (χ1v) is 11.2. The zero-order chi connectivity index (χ0) is 23.8. The summed E-state index contributed by atoms with van der Waals surface area (Å²) < 4.78 is 38.1. The van der Waals surface area contributed by atoms with Gasteiger partial charge >= 0.3 is 0 Å². The molecule has 1 aromatic heterocycles. The van der Waals surface area contributed by atoms with Gasteiger partial charge in [0.05, 0.1) is 33.2 Å². The summed E-state index contributed by atoms with van der Waals surface area (Å²) >= 11 is 0. The highest BCUT2D eigenvalue weighted by Gasteiger charge is 2.33. The lowest BCUT2D eigenvalue weighted by atomic mass is 10.1. The fourth-order valence-electron chi connectivity index (χ4n) is 3.86. The predicted molar refractivity (Wildman–Crippen MR) is 124 cm³/mol. The van der Waals surface area contributed by atoms with Gasteiger partial charge in [0.1, 0.15) is 30.4 Å². The minimum Gasteiger partial charge on any atom is -0.493 e. The SMILES string of the molecule is COc1cc(CN2CCOC[C@@](O)(COc3cccc(F)c3)C2)ccc1OCCn1ccnc1. The third-order valence-electron chi connectivity index (χ3n) is 5.54. The van der Waals surface area contributed by atoms with Crippen LogP contribution in [0, 0.1) is 5.82 Å². The lowest BCUT2D eigenvalue weighted by Crippen LogP contribution is -2.48. The molecule has 0 radical (unpaired) electrons. The topological polar surface area (TPSA) is 78.2 Å². The van der Waals surface area contributed by atoms with E-state index >= 15 is 0 Å². The quantitative estimate of drug-likeness (QED) is 0.487. The lowest BCUT2D eigenvalue weighted by Gasteiger charge is -2.30. The molecule has 4 rings (SSSR count). The van der Waals surface area contributed by atoms with Gasteiger partial charge in [-0.15, -0.1) is 0 Å². The maximum Gasteiger partial charge on any atom is 0.161 e. The number of imidazole rings is 1. The van der Waals surface area contributed by atoms with E-state index in [1.54, 1.807) is 31.8 Å². The number of halogens is 1. The normalized spacial score (nSPS) is 18.9. The third-order valence-corrected chi connectivity index (χ3v) is 5.54. The molecular weight excluding hydrogens is 441 g/mol. The fraction of sp³-hybridized carbons (Fsp3) is 0.400. The van der Waals surface area contributed by atoms with Gasteiger partial charge in [-0.3, -0.25) is 4.90 Å². The van der Waals surface area contributed by atoms with Crippen LogP contribution in [-0.2, 0) is 17.8 Å². The number of nitrogens with zero attached hydrogens (tertiary/aromatic N) is 3. The number of ether oxygens (including phenoxy) is 4. The number of aromatic nitrogens is 2. The number of methoxy groups -OCH3 is 1. The second kappa shape index (κ2) is 11.3. The van der Waals surface area contributed by atoms with Crippen LogP contribution in [-0.4, -0.2) is 71.8 Å². The summed E-state index contributed by atoms with van der Waals surface area (Å²) in [6, 6.07) is 11.7. The van der Waals surface area contributed by atoms with Crippen LogP contribution in [0.15, 0.2) is 61.2 Å².